The molecule has 6 nitrogen and oxygen atoms in total. The molecule has 8 heteroatoms. The van der Waals surface area contributed by atoms with Gasteiger partial charge >= 0.3 is 0 Å². The van der Waals surface area contributed by atoms with E-state index in [9.17, 15) is 0 Å². The van der Waals surface area contributed by atoms with Gasteiger partial charge in [0, 0.05) is 38.5 Å². The summed E-state index contributed by atoms with van der Waals surface area (Å²) in [5.74, 6) is 1.73. The lowest BCUT2D eigenvalue weighted by molar-refractivity contribution is 0.0170. The first kappa shape index (κ1) is 24.3. The Morgan fingerprint density at radius 3 is 2.41 bits per heavy atom. The average molecular weight is 508 g/mol. The first-order valence-electron chi connectivity index (χ1n) is 9.11. The molecule has 27 heavy (non-hydrogen) atoms. The van der Waals surface area contributed by atoms with Gasteiger partial charge in [-0.2, -0.15) is 11.8 Å². The molecule has 2 unspecified atom stereocenters. The van der Waals surface area contributed by atoms with E-state index in [0.29, 0.717) is 5.25 Å². The van der Waals surface area contributed by atoms with Crippen molar-refractivity contribution in [1.82, 2.24) is 15.5 Å². The maximum absolute atomic E-state index is 5.53. The number of halogens is 1. The van der Waals surface area contributed by atoms with Gasteiger partial charge in [-0.25, -0.2) is 0 Å². The Balaban J connectivity index is 0.00000364. The number of nitrogens with zero attached hydrogens (tertiary/aromatic N) is 2. The number of morpholine rings is 1. The van der Waals surface area contributed by atoms with Crippen molar-refractivity contribution in [2.75, 3.05) is 59.8 Å². The summed E-state index contributed by atoms with van der Waals surface area (Å²) in [5, 5.41) is 7.44. The highest BCUT2D eigenvalue weighted by Crippen LogP contribution is 2.23. The molecule has 2 atom stereocenters. The Hall–Kier alpha value is -0.710. The van der Waals surface area contributed by atoms with Crippen molar-refractivity contribution in [3.05, 3.63) is 29.8 Å². The van der Waals surface area contributed by atoms with Gasteiger partial charge in [-0.15, -0.1) is 24.0 Å². The predicted molar refractivity (Wildman–Crippen MR) is 126 cm³/mol. The molecule has 1 aromatic carbocycles. The van der Waals surface area contributed by atoms with E-state index in [0.717, 1.165) is 51.1 Å². The zero-order valence-corrected chi connectivity index (χ0v) is 19.9. The van der Waals surface area contributed by atoms with Crippen molar-refractivity contribution < 1.29 is 9.47 Å². The van der Waals surface area contributed by atoms with E-state index in [1.807, 2.05) is 30.9 Å². The molecule has 0 amide bonds. The van der Waals surface area contributed by atoms with Crippen LogP contribution in [-0.2, 0) is 4.74 Å². The van der Waals surface area contributed by atoms with Gasteiger partial charge in [-0.3, -0.25) is 9.89 Å². The summed E-state index contributed by atoms with van der Waals surface area (Å²) in [5.41, 5.74) is 1.27. The maximum Gasteiger partial charge on any atom is 0.191 e. The van der Waals surface area contributed by atoms with Crippen molar-refractivity contribution in [3.8, 4) is 5.75 Å². The van der Waals surface area contributed by atoms with Gasteiger partial charge in [0.15, 0.2) is 5.96 Å². The van der Waals surface area contributed by atoms with Crippen LogP contribution < -0.4 is 15.4 Å². The fourth-order valence-electron chi connectivity index (χ4n) is 2.91. The molecule has 2 rings (SSSR count). The van der Waals surface area contributed by atoms with Crippen molar-refractivity contribution >= 4 is 41.7 Å². The Bertz CT molecular complexity index is 553. The highest BCUT2D eigenvalue weighted by Gasteiger charge is 2.23. The number of methoxy groups -OCH3 is 1. The second-order valence-corrected chi connectivity index (χ2v) is 7.59. The van der Waals surface area contributed by atoms with Crippen molar-refractivity contribution in [2.45, 2.75) is 18.2 Å². The SMILES string of the molecule is CN=C(NCC(C)SC)NCC(c1ccc(OC)cc1)N1CCOCC1.I. The Labute approximate surface area is 184 Å². The smallest absolute Gasteiger partial charge is 0.191 e. The largest absolute Gasteiger partial charge is 0.497 e. The minimum atomic E-state index is 0. The summed E-state index contributed by atoms with van der Waals surface area (Å²) in [6.07, 6.45) is 2.13. The third kappa shape index (κ3) is 8.05. The quantitative estimate of drug-likeness (QED) is 0.320. The summed E-state index contributed by atoms with van der Waals surface area (Å²) in [6.45, 7) is 7.33. The number of hydrogen-bond acceptors (Lipinski definition) is 5. The van der Waals surface area contributed by atoms with E-state index in [1.54, 1.807) is 7.11 Å². The third-order valence-electron chi connectivity index (χ3n) is 4.63. The normalized spacial score (nSPS) is 17.6. The maximum atomic E-state index is 5.53. The number of benzene rings is 1. The average Bonchev–Trinajstić information content (AvgIpc) is 2.71. The highest BCUT2D eigenvalue weighted by atomic mass is 127. The minimum Gasteiger partial charge on any atom is -0.497 e. The van der Waals surface area contributed by atoms with Crippen LogP contribution in [0.3, 0.4) is 0 Å². The molecule has 1 heterocycles. The fraction of sp³-hybridized carbons (Fsp3) is 0.632. The van der Waals surface area contributed by atoms with Gasteiger partial charge in [0.25, 0.3) is 0 Å². The molecule has 154 valence electrons. The topological polar surface area (TPSA) is 58.1 Å². The lowest BCUT2D eigenvalue weighted by Gasteiger charge is -2.35. The molecule has 0 spiro atoms. The van der Waals surface area contributed by atoms with Crippen LogP contribution in [0.4, 0.5) is 0 Å². The standard InChI is InChI=1S/C19H32N4O2S.HI/c1-15(26-4)13-21-19(20-2)22-14-18(23-9-11-25-12-10-23)16-5-7-17(24-3)8-6-16;/h5-8,15,18H,9-14H2,1-4H3,(H2,20,21,22);1H. The van der Waals surface area contributed by atoms with E-state index in [1.165, 1.54) is 5.56 Å². The van der Waals surface area contributed by atoms with E-state index in [4.69, 9.17) is 9.47 Å². The van der Waals surface area contributed by atoms with Crippen LogP contribution in [0.15, 0.2) is 29.3 Å². The van der Waals surface area contributed by atoms with Crippen LogP contribution in [0, 0.1) is 0 Å². The van der Waals surface area contributed by atoms with E-state index >= 15 is 0 Å². The van der Waals surface area contributed by atoms with Crippen molar-refractivity contribution in [3.63, 3.8) is 0 Å². The lowest BCUT2D eigenvalue weighted by atomic mass is 10.0. The van der Waals surface area contributed by atoms with Gasteiger partial charge in [-0.1, -0.05) is 19.1 Å². The molecule has 2 N–H and O–H groups in total. The zero-order valence-electron chi connectivity index (χ0n) is 16.7. The van der Waals surface area contributed by atoms with Crippen LogP contribution in [0.2, 0.25) is 0 Å². The molecule has 0 aromatic heterocycles. The van der Waals surface area contributed by atoms with Crippen LogP contribution in [0.1, 0.15) is 18.5 Å². The molecular formula is C19H33IN4O2S. The number of ether oxygens (including phenoxy) is 2. The molecular weight excluding hydrogens is 475 g/mol. The number of rotatable bonds is 8. The minimum absolute atomic E-state index is 0. The van der Waals surface area contributed by atoms with Crippen molar-refractivity contribution in [2.24, 2.45) is 4.99 Å². The molecule has 1 fully saturated rings. The number of aliphatic imine (C=N–C) groups is 1. The van der Waals surface area contributed by atoms with E-state index in [2.05, 4.69) is 45.8 Å². The molecule has 0 saturated carbocycles. The number of thioether (sulfide) groups is 1. The summed E-state index contributed by atoms with van der Waals surface area (Å²) in [7, 11) is 3.51. The second-order valence-electron chi connectivity index (χ2n) is 6.32. The Kier molecular flexibility index (Phi) is 12.1. The van der Waals surface area contributed by atoms with Gasteiger partial charge in [-0.05, 0) is 24.0 Å². The summed E-state index contributed by atoms with van der Waals surface area (Å²) in [6, 6.07) is 8.60. The highest BCUT2D eigenvalue weighted by molar-refractivity contribution is 14.0. The monoisotopic (exact) mass is 508 g/mol. The fourth-order valence-corrected chi connectivity index (χ4v) is 3.16. The van der Waals surface area contributed by atoms with Crippen LogP contribution in [0.5, 0.6) is 5.75 Å². The van der Waals surface area contributed by atoms with Gasteiger partial charge in [0.2, 0.25) is 0 Å². The Morgan fingerprint density at radius 2 is 1.85 bits per heavy atom. The zero-order chi connectivity index (χ0) is 18.8. The van der Waals surface area contributed by atoms with Crippen LogP contribution in [-0.4, -0.2) is 75.9 Å². The summed E-state index contributed by atoms with van der Waals surface area (Å²) >= 11 is 1.85. The first-order chi connectivity index (χ1) is 12.7. The molecule has 0 radical (unpaired) electrons. The summed E-state index contributed by atoms with van der Waals surface area (Å²) in [4.78, 5) is 6.82. The number of hydrogen-bond donors (Lipinski definition) is 2. The van der Waals surface area contributed by atoms with Gasteiger partial charge in [0.1, 0.15) is 5.75 Å². The molecule has 1 aliphatic rings. The van der Waals surface area contributed by atoms with Gasteiger partial charge in [0.05, 0.1) is 26.4 Å². The summed E-state index contributed by atoms with van der Waals surface area (Å²) < 4.78 is 10.8. The first-order valence-corrected chi connectivity index (χ1v) is 10.4. The second kappa shape index (κ2) is 13.5. The van der Waals surface area contributed by atoms with Gasteiger partial charge < -0.3 is 20.1 Å². The Morgan fingerprint density at radius 1 is 1.22 bits per heavy atom. The van der Waals surface area contributed by atoms with E-state index in [-0.39, 0.29) is 30.0 Å². The lowest BCUT2D eigenvalue weighted by Crippen LogP contribution is -2.47. The van der Waals surface area contributed by atoms with E-state index < -0.39 is 0 Å². The molecule has 0 aliphatic carbocycles. The van der Waals surface area contributed by atoms with Crippen molar-refractivity contribution in [1.29, 1.82) is 0 Å². The number of nitrogens with one attached hydrogen (secondary N) is 2. The van der Waals surface area contributed by atoms with Crippen LogP contribution in [0.25, 0.3) is 0 Å². The molecule has 0 bridgehead atoms. The predicted octanol–water partition coefficient (Wildman–Crippen LogP) is 2.60. The number of guanidine groups is 1. The van der Waals surface area contributed by atoms with Crippen LogP contribution >= 0.6 is 35.7 Å². The molecule has 1 aromatic rings. The molecule has 1 aliphatic heterocycles. The third-order valence-corrected chi connectivity index (χ3v) is 5.60. The molecule has 1 saturated heterocycles.